The van der Waals surface area contributed by atoms with Crippen molar-refractivity contribution in [1.82, 2.24) is 10.2 Å². The van der Waals surface area contributed by atoms with Gasteiger partial charge in [0.2, 0.25) is 0 Å². The fourth-order valence-electron chi connectivity index (χ4n) is 2.62. The Kier molecular flexibility index (Phi) is 3.51. The number of hydrogen-bond acceptors (Lipinski definition) is 4. The van der Waals surface area contributed by atoms with Gasteiger partial charge in [0.1, 0.15) is 6.07 Å². The van der Waals surface area contributed by atoms with Gasteiger partial charge in [0.15, 0.2) is 5.82 Å². The van der Waals surface area contributed by atoms with Gasteiger partial charge < -0.3 is 4.90 Å². The summed E-state index contributed by atoms with van der Waals surface area (Å²) in [5, 5.41) is 17.1. The zero-order valence-electron chi connectivity index (χ0n) is 11.3. The molecule has 0 unspecified atom stereocenters. The summed E-state index contributed by atoms with van der Waals surface area (Å²) in [7, 11) is 2.02. The van der Waals surface area contributed by atoms with Crippen LogP contribution in [0.2, 0.25) is 0 Å². The zero-order chi connectivity index (χ0) is 13.2. The van der Waals surface area contributed by atoms with E-state index < -0.39 is 0 Å². The zero-order valence-corrected chi connectivity index (χ0v) is 11.3. The van der Waals surface area contributed by atoms with E-state index in [4.69, 9.17) is 5.26 Å². The molecule has 1 fully saturated rings. The Balaban J connectivity index is 2.13. The van der Waals surface area contributed by atoms with Crippen LogP contribution in [0.5, 0.6) is 0 Å². The molecule has 2 rings (SSSR count). The lowest BCUT2D eigenvalue weighted by Crippen LogP contribution is -2.38. The fourth-order valence-corrected chi connectivity index (χ4v) is 2.62. The van der Waals surface area contributed by atoms with E-state index in [0.29, 0.717) is 22.8 Å². The van der Waals surface area contributed by atoms with Gasteiger partial charge in [0.05, 0.1) is 11.8 Å². The Bertz CT molecular complexity index is 451. The minimum atomic E-state index is 0.456. The lowest BCUT2D eigenvalue weighted by atomic mass is 9.75. The van der Waals surface area contributed by atoms with Gasteiger partial charge in [-0.15, -0.1) is 5.10 Å². The van der Waals surface area contributed by atoms with Crippen molar-refractivity contribution in [3.63, 3.8) is 0 Å². The summed E-state index contributed by atoms with van der Waals surface area (Å²) in [6.07, 6.45) is 6.34. The number of rotatable bonds is 2. The van der Waals surface area contributed by atoms with Crippen molar-refractivity contribution >= 4 is 5.82 Å². The van der Waals surface area contributed by atoms with Crippen molar-refractivity contribution in [2.24, 2.45) is 5.41 Å². The number of anilines is 1. The molecule has 0 amide bonds. The molecule has 0 atom stereocenters. The molecule has 18 heavy (non-hydrogen) atoms. The Morgan fingerprint density at radius 3 is 2.67 bits per heavy atom. The molecular weight excluding hydrogens is 224 g/mol. The van der Waals surface area contributed by atoms with Crippen LogP contribution in [0.1, 0.15) is 45.1 Å². The van der Waals surface area contributed by atoms with Crippen LogP contribution in [0.15, 0.2) is 12.3 Å². The summed E-state index contributed by atoms with van der Waals surface area (Å²) < 4.78 is 0. The normalized spacial score (nSPS) is 19.2. The molecule has 1 heterocycles. The van der Waals surface area contributed by atoms with Gasteiger partial charge in [-0.05, 0) is 37.2 Å². The summed E-state index contributed by atoms with van der Waals surface area (Å²) in [6, 6.07) is 4.39. The van der Waals surface area contributed by atoms with Gasteiger partial charge in [0.25, 0.3) is 0 Å². The van der Waals surface area contributed by atoms with Crippen molar-refractivity contribution < 1.29 is 0 Å². The predicted octanol–water partition coefficient (Wildman–Crippen LogP) is 2.75. The standard InChI is InChI=1S/C14H20N4/c1-14(2)7-4-12(5-8-14)18(3)13-11(10-15)6-9-16-17-13/h6,9,12H,4-5,7-8H2,1-3H3. The first kappa shape index (κ1) is 12.8. The van der Waals surface area contributed by atoms with Crippen LogP contribution in [0.3, 0.4) is 0 Å². The van der Waals surface area contributed by atoms with Gasteiger partial charge in [0, 0.05) is 13.1 Å². The molecule has 4 nitrogen and oxygen atoms in total. The first-order valence-corrected chi connectivity index (χ1v) is 6.48. The minimum absolute atomic E-state index is 0.456. The fraction of sp³-hybridized carbons (Fsp3) is 0.643. The van der Waals surface area contributed by atoms with Crippen molar-refractivity contribution in [1.29, 1.82) is 5.26 Å². The van der Waals surface area contributed by atoms with Crippen LogP contribution in [0.25, 0.3) is 0 Å². The molecule has 4 heteroatoms. The molecule has 1 aromatic rings. The monoisotopic (exact) mass is 244 g/mol. The highest BCUT2D eigenvalue weighted by atomic mass is 15.3. The molecular formula is C14H20N4. The molecule has 1 saturated carbocycles. The van der Waals surface area contributed by atoms with Crippen LogP contribution >= 0.6 is 0 Å². The summed E-state index contributed by atoms with van der Waals surface area (Å²) in [5.74, 6) is 0.713. The third kappa shape index (κ3) is 2.61. The van der Waals surface area contributed by atoms with Crippen molar-refractivity contribution in [2.75, 3.05) is 11.9 Å². The Hall–Kier alpha value is -1.63. The van der Waals surface area contributed by atoms with Crippen molar-refractivity contribution in [2.45, 2.75) is 45.6 Å². The Morgan fingerprint density at radius 1 is 1.39 bits per heavy atom. The van der Waals surface area contributed by atoms with Gasteiger partial charge in [-0.25, -0.2) is 0 Å². The molecule has 0 aromatic carbocycles. The third-order valence-corrected chi connectivity index (χ3v) is 4.01. The molecule has 1 aliphatic rings. The van der Waals surface area contributed by atoms with E-state index >= 15 is 0 Å². The van der Waals surface area contributed by atoms with Gasteiger partial charge in [-0.3, -0.25) is 0 Å². The van der Waals surface area contributed by atoms with E-state index in [1.165, 1.54) is 12.8 Å². The predicted molar refractivity (Wildman–Crippen MR) is 71.2 cm³/mol. The van der Waals surface area contributed by atoms with E-state index in [0.717, 1.165) is 12.8 Å². The summed E-state index contributed by atoms with van der Waals surface area (Å²) in [5.41, 5.74) is 1.06. The van der Waals surface area contributed by atoms with Crippen LogP contribution in [0.4, 0.5) is 5.82 Å². The number of nitriles is 1. The quantitative estimate of drug-likeness (QED) is 0.802. The van der Waals surface area contributed by atoms with Gasteiger partial charge >= 0.3 is 0 Å². The van der Waals surface area contributed by atoms with E-state index in [2.05, 4.69) is 35.0 Å². The van der Waals surface area contributed by atoms with Crippen LogP contribution in [0, 0.1) is 16.7 Å². The van der Waals surface area contributed by atoms with E-state index in [9.17, 15) is 0 Å². The Morgan fingerprint density at radius 2 is 2.06 bits per heavy atom. The maximum atomic E-state index is 9.10. The van der Waals surface area contributed by atoms with Crippen molar-refractivity contribution in [3.05, 3.63) is 17.8 Å². The number of nitrogens with zero attached hydrogens (tertiary/aromatic N) is 4. The topological polar surface area (TPSA) is 52.8 Å². The maximum Gasteiger partial charge on any atom is 0.169 e. The largest absolute Gasteiger partial charge is 0.354 e. The van der Waals surface area contributed by atoms with Crippen LogP contribution in [-0.4, -0.2) is 23.3 Å². The average molecular weight is 244 g/mol. The van der Waals surface area contributed by atoms with Crippen molar-refractivity contribution in [3.8, 4) is 6.07 Å². The molecule has 1 aromatic heterocycles. The van der Waals surface area contributed by atoms with E-state index in [1.807, 2.05) is 7.05 Å². The van der Waals surface area contributed by atoms with Crippen LogP contribution < -0.4 is 4.90 Å². The second kappa shape index (κ2) is 4.93. The number of hydrogen-bond donors (Lipinski definition) is 0. The molecule has 96 valence electrons. The highest BCUT2D eigenvalue weighted by molar-refractivity contribution is 5.52. The van der Waals surface area contributed by atoms with Gasteiger partial charge in [-0.1, -0.05) is 13.8 Å². The minimum Gasteiger partial charge on any atom is -0.354 e. The summed E-state index contributed by atoms with van der Waals surface area (Å²) >= 11 is 0. The van der Waals surface area contributed by atoms with E-state index in [1.54, 1.807) is 12.3 Å². The highest BCUT2D eigenvalue weighted by Crippen LogP contribution is 2.37. The average Bonchev–Trinajstić information content (AvgIpc) is 2.38. The molecule has 0 aliphatic heterocycles. The summed E-state index contributed by atoms with van der Waals surface area (Å²) in [6.45, 7) is 4.65. The second-order valence-corrected chi connectivity index (χ2v) is 5.89. The Labute approximate surface area is 109 Å². The first-order chi connectivity index (χ1) is 8.53. The van der Waals surface area contributed by atoms with Crippen LogP contribution in [-0.2, 0) is 0 Å². The smallest absolute Gasteiger partial charge is 0.169 e. The molecule has 0 bridgehead atoms. The van der Waals surface area contributed by atoms with Gasteiger partial charge in [-0.2, -0.15) is 10.4 Å². The highest BCUT2D eigenvalue weighted by Gasteiger charge is 2.30. The lowest BCUT2D eigenvalue weighted by molar-refractivity contribution is 0.222. The molecule has 1 aliphatic carbocycles. The SMILES string of the molecule is CN(c1nnccc1C#N)C1CCC(C)(C)CC1. The maximum absolute atomic E-state index is 9.10. The first-order valence-electron chi connectivity index (χ1n) is 6.48. The summed E-state index contributed by atoms with van der Waals surface area (Å²) in [4.78, 5) is 2.13. The number of aromatic nitrogens is 2. The molecule has 0 N–H and O–H groups in total. The second-order valence-electron chi connectivity index (χ2n) is 5.89. The molecule has 0 spiro atoms. The lowest BCUT2D eigenvalue weighted by Gasteiger charge is -2.39. The molecule has 0 saturated heterocycles. The molecule has 0 radical (unpaired) electrons. The van der Waals surface area contributed by atoms with E-state index in [-0.39, 0.29) is 0 Å². The third-order valence-electron chi connectivity index (χ3n) is 4.01.